The van der Waals surface area contributed by atoms with Crippen molar-refractivity contribution in [1.82, 2.24) is 14.7 Å². The highest BCUT2D eigenvalue weighted by atomic mass is 32.2. The fourth-order valence-electron chi connectivity index (χ4n) is 2.64. The predicted molar refractivity (Wildman–Crippen MR) is 96.3 cm³/mol. The maximum Gasteiger partial charge on any atom is 0.240 e. The first-order valence-electron chi connectivity index (χ1n) is 7.98. The lowest BCUT2D eigenvalue weighted by molar-refractivity contribution is 0.556. The van der Waals surface area contributed by atoms with Crippen LogP contribution in [0.4, 0.5) is 0 Å². The van der Waals surface area contributed by atoms with Crippen molar-refractivity contribution in [3.05, 3.63) is 48.3 Å². The number of pyridine rings is 1. The van der Waals surface area contributed by atoms with Gasteiger partial charge < -0.3 is 4.98 Å². The normalized spacial score (nSPS) is 13.3. The number of sulfonamides is 1. The van der Waals surface area contributed by atoms with Crippen molar-refractivity contribution in [2.75, 3.05) is 0 Å². The number of aromatic nitrogens is 2. The first kappa shape index (κ1) is 16.7. The molecule has 5 nitrogen and oxygen atoms in total. The van der Waals surface area contributed by atoms with Gasteiger partial charge in [0.25, 0.3) is 0 Å². The summed E-state index contributed by atoms with van der Waals surface area (Å²) in [5.74, 6) is 0. The summed E-state index contributed by atoms with van der Waals surface area (Å²) >= 11 is 0. The molecule has 3 rings (SSSR count). The minimum absolute atomic E-state index is 0.0858. The highest BCUT2D eigenvalue weighted by Crippen LogP contribution is 2.28. The van der Waals surface area contributed by atoms with Gasteiger partial charge in [-0.15, -0.1) is 0 Å². The van der Waals surface area contributed by atoms with Crippen molar-refractivity contribution in [2.45, 2.75) is 38.1 Å². The SMILES string of the molecule is CC[C@H](C)NS(=O)(=O)c1ccc(-c2ccnc3[nH]c(C)cc23)cc1. The van der Waals surface area contributed by atoms with E-state index in [2.05, 4.69) is 14.7 Å². The smallest absolute Gasteiger partial charge is 0.240 e. The third kappa shape index (κ3) is 3.20. The highest BCUT2D eigenvalue weighted by Gasteiger charge is 2.16. The lowest BCUT2D eigenvalue weighted by Crippen LogP contribution is -2.31. The molecule has 0 aliphatic rings. The van der Waals surface area contributed by atoms with Crippen molar-refractivity contribution < 1.29 is 8.42 Å². The summed E-state index contributed by atoms with van der Waals surface area (Å²) < 4.78 is 27.3. The summed E-state index contributed by atoms with van der Waals surface area (Å²) in [7, 11) is -3.48. The Morgan fingerprint density at radius 3 is 2.58 bits per heavy atom. The molecule has 0 fully saturated rings. The molecule has 0 unspecified atom stereocenters. The van der Waals surface area contributed by atoms with Gasteiger partial charge in [0, 0.05) is 23.3 Å². The van der Waals surface area contributed by atoms with Crippen LogP contribution in [0, 0.1) is 6.92 Å². The molecule has 0 spiro atoms. The van der Waals surface area contributed by atoms with Crippen LogP contribution in [0.25, 0.3) is 22.2 Å². The van der Waals surface area contributed by atoms with E-state index in [-0.39, 0.29) is 10.9 Å². The zero-order valence-corrected chi connectivity index (χ0v) is 14.8. The van der Waals surface area contributed by atoms with Crippen molar-refractivity contribution in [1.29, 1.82) is 0 Å². The fraction of sp³-hybridized carbons (Fsp3) is 0.278. The van der Waals surface area contributed by atoms with Gasteiger partial charge in [0.1, 0.15) is 5.65 Å². The van der Waals surface area contributed by atoms with E-state index in [1.807, 2.05) is 45.0 Å². The van der Waals surface area contributed by atoms with Gasteiger partial charge in [-0.2, -0.15) is 0 Å². The third-order valence-electron chi connectivity index (χ3n) is 4.11. The third-order valence-corrected chi connectivity index (χ3v) is 5.72. The average Bonchev–Trinajstić information content (AvgIpc) is 2.94. The maximum absolute atomic E-state index is 12.3. The number of nitrogens with zero attached hydrogens (tertiary/aromatic N) is 1. The first-order valence-corrected chi connectivity index (χ1v) is 9.46. The van der Waals surface area contributed by atoms with E-state index in [1.165, 1.54) is 0 Å². The molecule has 0 saturated heterocycles. The van der Waals surface area contributed by atoms with Crippen LogP contribution in [-0.4, -0.2) is 24.4 Å². The maximum atomic E-state index is 12.3. The number of fused-ring (bicyclic) bond motifs is 1. The van der Waals surface area contributed by atoms with E-state index >= 15 is 0 Å². The molecule has 3 aromatic rings. The fourth-order valence-corrected chi connectivity index (χ4v) is 3.97. The van der Waals surface area contributed by atoms with Crippen LogP contribution in [0.5, 0.6) is 0 Å². The van der Waals surface area contributed by atoms with Crippen LogP contribution in [-0.2, 0) is 10.0 Å². The van der Waals surface area contributed by atoms with Crippen LogP contribution in [0.15, 0.2) is 47.5 Å². The molecule has 1 atom stereocenters. The lowest BCUT2D eigenvalue weighted by atomic mass is 10.0. The van der Waals surface area contributed by atoms with E-state index in [1.54, 1.807) is 18.3 Å². The molecular formula is C18H21N3O2S. The molecule has 2 aromatic heterocycles. The molecule has 1 aromatic carbocycles. The molecule has 2 heterocycles. The highest BCUT2D eigenvalue weighted by molar-refractivity contribution is 7.89. The van der Waals surface area contributed by atoms with Crippen molar-refractivity contribution in [2.24, 2.45) is 0 Å². The molecule has 0 aliphatic carbocycles. The van der Waals surface area contributed by atoms with Crippen LogP contribution in [0.3, 0.4) is 0 Å². The second kappa shape index (κ2) is 6.37. The van der Waals surface area contributed by atoms with E-state index in [0.717, 1.165) is 34.3 Å². The standard InChI is InChI=1S/C18H21N3O2S/c1-4-12(2)21-24(22,23)15-7-5-14(6-8-15)16-9-10-19-18-17(16)11-13(3)20-18/h5-12,21H,4H2,1-3H3,(H,19,20)/t12-/m0/s1. The molecule has 6 heteroatoms. The molecular weight excluding hydrogens is 322 g/mol. The van der Waals surface area contributed by atoms with Crippen LogP contribution >= 0.6 is 0 Å². The lowest BCUT2D eigenvalue weighted by Gasteiger charge is -2.12. The number of hydrogen-bond acceptors (Lipinski definition) is 3. The van der Waals surface area contributed by atoms with Gasteiger partial charge in [0.2, 0.25) is 10.0 Å². The Morgan fingerprint density at radius 1 is 1.21 bits per heavy atom. The summed E-state index contributed by atoms with van der Waals surface area (Å²) in [6.45, 7) is 5.79. The Labute approximate surface area is 142 Å². The molecule has 0 bridgehead atoms. The topological polar surface area (TPSA) is 74.8 Å². The van der Waals surface area contributed by atoms with Crippen molar-refractivity contribution in [3.8, 4) is 11.1 Å². The zero-order valence-electron chi connectivity index (χ0n) is 14.0. The van der Waals surface area contributed by atoms with E-state index in [0.29, 0.717) is 0 Å². The number of nitrogens with one attached hydrogen (secondary N) is 2. The Morgan fingerprint density at radius 2 is 1.92 bits per heavy atom. The molecule has 0 saturated carbocycles. The van der Waals surface area contributed by atoms with Crippen LogP contribution < -0.4 is 4.72 Å². The quantitative estimate of drug-likeness (QED) is 0.743. The second-order valence-corrected chi connectivity index (χ2v) is 7.74. The zero-order chi connectivity index (χ0) is 17.3. The summed E-state index contributed by atoms with van der Waals surface area (Å²) in [6.07, 6.45) is 2.50. The summed E-state index contributed by atoms with van der Waals surface area (Å²) in [4.78, 5) is 7.82. The largest absolute Gasteiger partial charge is 0.344 e. The molecule has 2 N–H and O–H groups in total. The van der Waals surface area contributed by atoms with Gasteiger partial charge in [-0.1, -0.05) is 19.1 Å². The second-order valence-electron chi connectivity index (χ2n) is 6.03. The number of aryl methyl sites for hydroxylation is 1. The Bertz CT molecular complexity index is 960. The summed E-state index contributed by atoms with van der Waals surface area (Å²) in [5.41, 5.74) is 3.87. The molecule has 0 aliphatic heterocycles. The van der Waals surface area contributed by atoms with Gasteiger partial charge in [-0.25, -0.2) is 18.1 Å². The van der Waals surface area contributed by atoms with Gasteiger partial charge in [-0.3, -0.25) is 0 Å². The van der Waals surface area contributed by atoms with Gasteiger partial charge in [0.05, 0.1) is 4.90 Å². The monoisotopic (exact) mass is 343 g/mol. The van der Waals surface area contributed by atoms with E-state index in [9.17, 15) is 8.42 Å². The van der Waals surface area contributed by atoms with E-state index < -0.39 is 10.0 Å². The minimum atomic E-state index is -3.48. The minimum Gasteiger partial charge on any atom is -0.344 e. The van der Waals surface area contributed by atoms with Crippen LogP contribution in [0.1, 0.15) is 26.0 Å². The molecule has 24 heavy (non-hydrogen) atoms. The number of rotatable bonds is 5. The molecule has 0 amide bonds. The van der Waals surface area contributed by atoms with Gasteiger partial charge >= 0.3 is 0 Å². The Balaban J connectivity index is 1.97. The molecule has 0 radical (unpaired) electrons. The van der Waals surface area contributed by atoms with Gasteiger partial charge in [-0.05, 0) is 55.7 Å². The number of hydrogen-bond donors (Lipinski definition) is 2. The average molecular weight is 343 g/mol. The number of aromatic amines is 1. The van der Waals surface area contributed by atoms with Crippen molar-refractivity contribution >= 4 is 21.1 Å². The van der Waals surface area contributed by atoms with Crippen molar-refractivity contribution in [3.63, 3.8) is 0 Å². The first-order chi connectivity index (χ1) is 11.4. The summed E-state index contributed by atoms with van der Waals surface area (Å²) in [5, 5.41) is 1.03. The Hall–Kier alpha value is -2.18. The van der Waals surface area contributed by atoms with E-state index in [4.69, 9.17) is 0 Å². The number of H-pyrrole nitrogens is 1. The predicted octanol–water partition coefficient (Wildman–Crippen LogP) is 3.62. The number of benzene rings is 1. The van der Waals surface area contributed by atoms with Crippen LogP contribution in [0.2, 0.25) is 0 Å². The molecule has 126 valence electrons. The summed E-state index contributed by atoms with van der Waals surface area (Å²) in [6, 6.07) is 10.9. The van der Waals surface area contributed by atoms with Gasteiger partial charge in [0.15, 0.2) is 0 Å². The Kier molecular flexibility index (Phi) is 4.43.